The summed E-state index contributed by atoms with van der Waals surface area (Å²) in [5.74, 6) is 0. The van der Waals surface area contributed by atoms with E-state index in [2.05, 4.69) is 70.1 Å². The van der Waals surface area contributed by atoms with Gasteiger partial charge in [0.2, 0.25) is 0 Å². The van der Waals surface area contributed by atoms with Crippen molar-refractivity contribution in [2.75, 3.05) is 31.6 Å². The Morgan fingerprint density at radius 1 is 1.10 bits per heavy atom. The van der Waals surface area contributed by atoms with Gasteiger partial charge < -0.3 is 10.2 Å². The molecule has 0 aliphatic heterocycles. The molecule has 0 atom stereocenters. The molecule has 0 fully saturated rings. The van der Waals surface area contributed by atoms with Crippen molar-refractivity contribution in [3.63, 3.8) is 0 Å². The van der Waals surface area contributed by atoms with E-state index in [4.69, 9.17) is 0 Å². The quantitative estimate of drug-likeness (QED) is 0.767. The molecule has 2 nitrogen and oxygen atoms in total. The van der Waals surface area contributed by atoms with Crippen molar-refractivity contribution in [2.45, 2.75) is 47.5 Å². The van der Waals surface area contributed by atoms with E-state index in [1.165, 1.54) is 29.7 Å². The maximum atomic E-state index is 3.54. The zero-order valence-corrected chi connectivity index (χ0v) is 14.2. The van der Waals surface area contributed by atoms with Crippen molar-refractivity contribution in [3.8, 4) is 0 Å². The van der Waals surface area contributed by atoms with Gasteiger partial charge in [-0.2, -0.15) is 0 Å². The Kier molecular flexibility index (Phi) is 6.54. The summed E-state index contributed by atoms with van der Waals surface area (Å²) in [4.78, 5) is 2.43. The third kappa shape index (κ3) is 4.24. The van der Waals surface area contributed by atoms with Crippen LogP contribution in [0, 0.1) is 19.3 Å². The Morgan fingerprint density at radius 2 is 1.75 bits per heavy atom. The van der Waals surface area contributed by atoms with Gasteiger partial charge in [-0.3, -0.25) is 0 Å². The number of hydrogen-bond acceptors (Lipinski definition) is 2. The SMILES string of the molecule is CCNCC(CC)(CC)CN(C)c1ccc(C)cc1C. The molecule has 0 aromatic heterocycles. The molecule has 1 rings (SSSR count). The van der Waals surface area contributed by atoms with E-state index >= 15 is 0 Å². The predicted molar refractivity (Wildman–Crippen MR) is 90.7 cm³/mol. The fraction of sp³-hybridized carbons (Fsp3) is 0.667. The number of aryl methyl sites for hydroxylation is 2. The van der Waals surface area contributed by atoms with Crippen molar-refractivity contribution in [1.82, 2.24) is 5.32 Å². The monoisotopic (exact) mass is 276 g/mol. The fourth-order valence-electron chi connectivity index (χ4n) is 2.99. The summed E-state index contributed by atoms with van der Waals surface area (Å²) in [6, 6.07) is 6.74. The van der Waals surface area contributed by atoms with Gasteiger partial charge in [0.05, 0.1) is 0 Å². The number of anilines is 1. The second-order valence-corrected chi connectivity index (χ2v) is 6.13. The summed E-state index contributed by atoms with van der Waals surface area (Å²) < 4.78 is 0. The van der Waals surface area contributed by atoms with Crippen LogP contribution in [0.1, 0.15) is 44.7 Å². The molecule has 0 saturated carbocycles. The highest BCUT2D eigenvalue weighted by atomic mass is 15.1. The molecule has 0 aliphatic rings. The lowest BCUT2D eigenvalue weighted by Crippen LogP contribution is -2.42. The molecule has 0 aliphatic carbocycles. The van der Waals surface area contributed by atoms with Crippen LogP contribution < -0.4 is 10.2 Å². The van der Waals surface area contributed by atoms with Crippen LogP contribution >= 0.6 is 0 Å². The van der Waals surface area contributed by atoms with Gasteiger partial charge in [-0.1, -0.05) is 38.5 Å². The van der Waals surface area contributed by atoms with Gasteiger partial charge in [0.15, 0.2) is 0 Å². The average molecular weight is 276 g/mol. The fourth-order valence-corrected chi connectivity index (χ4v) is 2.99. The molecule has 1 aromatic carbocycles. The average Bonchev–Trinajstić information content (AvgIpc) is 2.43. The first-order valence-electron chi connectivity index (χ1n) is 7.97. The minimum Gasteiger partial charge on any atom is -0.374 e. The molecule has 0 amide bonds. The van der Waals surface area contributed by atoms with Crippen molar-refractivity contribution >= 4 is 5.69 Å². The van der Waals surface area contributed by atoms with Crippen molar-refractivity contribution in [1.29, 1.82) is 0 Å². The van der Waals surface area contributed by atoms with E-state index in [0.717, 1.165) is 19.6 Å². The lowest BCUT2D eigenvalue weighted by Gasteiger charge is -2.37. The molecule has 2 heteroatoms. The Morgan fingerprint density at radius 3 is 2.25 bits per heavy atom. The number of nitrogens with one attached hydrogen (secondary N) is 1. The minimum absolute atomic E-state index is 0.363. The van der Waals surface area contributed by atoms with Crippen LogP contribution in [0.4, 0.5) is 5.69 Å². The number of rotatable bonds is 8. The second-order valence-electron chi connectivity index (χ2n) is 6.13. The van der Waals surface area contributed by atoms with Crippen LogP contribution in [0.15, 0.2) is 18.2 Å². The molecule has 1 aromatic rings. The standard InChI is InChI=1S/C18H32N2/c1-7-18(8-2,13-19-9-3)14-20(6)17-11-10-15(4)12-16(17)5/h10-12,19H,7-9,13-14H2,1-6H3. The van der Waals surface area contributed by atoms with Gasteiger partial charge in [0.25, 0.3) is 0 Å². The van der Waals surface area contributed by atoms with E-state index < -0.39 is 0 Å². The molecule has 114 valence electrons. The molecule has 1 N–H and O–H groups in total. The van der Waals surface area contributed by atoms with Crippen LogP contribution in [0.3, 0.4) is 0 Å². The molecular weight excluding hydrogens is 244 g/mol. The first kappa shape index (κ1) is 17.0. The number of benzene rings is 1. The summed E-state index contributed by atoms with van der Waals surface area (Å²) in [5.41, 5.74) is 4.43. The molecule has 0 saturated heterocycles. The molecule has 0 bridgehead atoms. The first-order chi connectivity index (χ1) is 9.48. The van der Waals surface area contributed by atoms with E-state index in [0.29, 0.717) is 5.41 Å². The third-order valence-corrected chi connectivity index (χ3v) is 4.59. The smallest absolute Gasteiger partial charge is 0.0393 e. The van der Waals surface area contributed by atoms with Gasteiger partial charge in [0.1, 0.15) is 0 Å². The maximum absolute atomic E-state index is 3.54. The predicted octanol–water partition coefficient (Wildman–Crippen LogP) is 4.16. The normalized spacial score (nSPS) is 11.7. The van der Waals surface area contributed by atoms with E-state index in [9.17, 15) is 0 Å². The lowest BCUT2D eigenvalue weighted by molar-refractivity contribution is 0.257. The largest absolute Gasteiger partial charge is 0.374 e. The second kappa shape index (κ2) is 7.68. The van der Waals surface area contributed by atoms with Crippen LogP contribution in [0.5, 0.6) is 0 Å². The van der Waals surface area contributed by atoms with Gasteiger partial charge in [-0.15, -0.1) is 0 Å². The molecule has 0 heterocycles. The molecule has 0 unspecified atom stereocenters. The Bertz CT molecular complexity index is 408. The molecule has 0 spiro atoms. The Hall–Kier alpha value is -1.02. The van der Waals surface area contributed by atoms with E-state index in [1.807, 2.05) is 0 Å². The van der Waals surface area contributed by atoms with Crippen LogP contribution in [-0.4, -0.2) is 26.7 Å². The maximum Gasteiger partial charge on any atom is 0.0393 e. The Balaban J connectivity index is 2.87. The van der Waals surface area contributed by atoms with E-state index in [1.54, 1.807) is 0 Å². The zero-order valence-electron chi connectivity index (χ0n) is 14.2. The number of nitrogens with zero attached hydrogens (tertiary/aromatic N) is 1. The molecule has 0 radical (unpaired) electrons. The summed E-state index contributed by atoms with van der Waals surface area (Å²) in [6.07, 6.45) is 2.43. The van der Waals surface area contributed by atoms with Crippen molar-refractivity contribution in [3.05, 3.63) is 29.3 Å². The number of hydrogen-bond donors (Lipinski definition) is 1. The highest BCUT2D eigenvalue weighted by Crippen LogP contribution is 2.30. The van der Waals surface area contributed by atoms with Crippen LogP contribution in [0.25, 0.3) is 0 Å². The van der Waals surface area contributed by atoms with Crippen molar-refractivity contribution < 1.29 is 0 Å². The third-order valence-electron chi connectivity index (χ3n) is 4.59. The highest BCUT2D eigenvalue weighted by molar-refractivity contribution is 5.54. The van der Waals surface area contributed by atoms with Crippen LogP contribution in [-0.2, 0) is 0 Å². The van der Waals surface area contributed by atoms with E-state index in [-0.39, 0.29) is 0 Å². The summed E-state index contributed by atoms with van der Waals surface area (Å²) in [7, 11) is 2.23. The van der Waals surface area contributed by atoms with Gasteiger partial charge in [-0.25, -0.2) is 0 Å². The highest BCUT2D eigenvalue weighted by Gasteiger charge is 2.27. The van der Waals surface area contributed by atoms with Crippen molar-refractivity contribution in [2.24, 2.45) is 5.41 Å². The topological polar surface area (TPSA) is 15.3 Å². The van der Waals surface area contributed by atoms with Gasteiger partial charge in [0, 0.05) is 25.8 Å². The summed E-state index contributed by atoms with van der Waals surface area (Å²) >= 11 is 0. The molecular formula is C18H32N2. The zero-order chi connectivity index (χ0) is 15.2. The van der Waals surface area contributed by atoms with Gasteiger partial charge >= 0.3 is 0 Å². The van der Waals surface area contributed by atoms with Crippen LogP contribution in [0.2, 0.25) is 0 Å². The minimum atomic E-state index is 0.363. The summed E-state index contributed by atoms with van der Waals surface area (Å²) in [6.45, 7) is 14.4. The van der Waals surface area contributed by atoms with Gasteiger partial charge in [-0.05, 0) is 50.3 Å². The first-order valence-corrected chi connectivity index (χ1v) is 7.97. The summed E-state index contributed by atoms with van der Waals surface area (Å²) in [5, 5.41) is 3.54. The lowest BCUT2D eigenvalue weighted by atomic mass is 9.81. The molecule has 20 heavy (non-hydrogen) atoms. The Labute approximate surface area is 125 Å².